The highest BCUT2D eigenvalue weighted by atomic mass is 16.2. The molecule has 0 spiro atoms. The number of nitrogens with zero attached hydrogens (tertiary/aromatic N) is 1. The van der Waals surface area contributed by atoms with Gasteiger partial charge in [-0.05, 0) is 98.8 Å². The predicted molar refractivity (Wildman–Crippen MR) is 141 cm³/mol. The smallest absolute Gasteiger partial charge is 0.319 e. The van der Waals surface area contributed by atoms with E-state index in [0.717, 1.165) is 44.4 Å². The second-order valence-electron chi connectivity index (χ2n) is 13.0. The lowest BCUT2D eigenvalue weighted by molar-refractivity contribution is -0.122. The minimum atomic E-state index is -0.143. The number of nitrogens with one attached hydrogen (secondary N) is 3. The molecule has 0 aromatic heterocycles. The average Bonchev–Trinajstić information content (AvgIpc) is 2.77. The van der Waals surface area contributed by atoms with Gasteiger partial charge < -0.3 is 20.9 Å². The third kappa shape index (κ3) is 5.25. The Hall–Kier alpha value is -2.57. The van der Waals surface area contributed by atoms with Gasteiger partial charge in [-0.1, -0.05) is 20.8 Å². The summed E-state index contributed by atoms with van der Waals surface area (Å²) in [6.45, 7) is 8.09. The number of benzene rings is 1. The monoisotopic (exact) mass is 494 g/mol. The van der Waals surface area contributed by atoms with E-state index >= 15 is 0 Å². The Kier molecular flexibility index (Phi) is 6.54. The molecule has 4 amide bonds. The van der Waals surface area contributed by atoms with Crippen LogP contribution in [0.25, 0.3) is 0 Å². The summed E-state index contributed by atoms with van der Waals surface area (Å²) in [5.74, 6) is 0.819. The van der Waals surface area contributed by atoms with Crippen LogP contribution >= 0.6 is 0 Å². The Morgan fingerprint density at radius 3 is 2.17 bits per heavy atom. The summed E-state index contributed by atoms with van der Waals surface area (Å²) in [6.07, 6.45) is 10.1. The van der Waals surface area contributed by atoms with Crippen molar-refractivity contribution in [3.63, 3.8) is 0 Å². The summed E-state index contributed by atoms with van der Waals surface area (Å²) in [4.78, 5) is 39.7. The van der Waals surface area contributed by atoms with E-state index in [1.165, 1.54) is 19.3 Å². The van der Waals surface area contributed by atoms with E-state index in [-0.39, 0.29) is 29.4 Å². The van der Waals surface area contributed by atoms with Gasteiger partial charge in [0, 0.05) is 42.3 Å². The summed E-state index contributed by atoms with van der Waals surface area (Å²) in [5, 5.41) is 9.46. The van der Waals surface area contributed by atoms with Gasteiger partial charge in [0.1, 0.15) is 0 Å². The quantitative estimate of drug-likeness (QED) is 0.515. The van der Waals surface area contributed by atoms with Crippen molar-refractivity contribution < 1.29 is 14.4 Å². The summed E-state index contributed by atoms with van der Waals surface area (Å²) in [5.41, 5.74) is 1.92. The van der Waals surface area contributed by atoms with Crippen molar-refractivity contribution in [2.45, 2.75) is 96.6 Å². The predicted octanol–water partition coefficient (Wildman–Crippen LogP) is 5.08. The maximum Gasteiger partial charge on any atom is 0.319 e. The second-order valence-corrected chi connectivity index (χ2v) is 13.0. The highest BCUT2D eigenvalue weighted by Gasteiger charge is 2.60. The summed E-state index contributed by atoms with van der Waals surface area (Å²) in [7, 11) is 0. The molecule has 1 aromatic carbocycles. The molecular formula is C29H42N4O3. The van der Waals surface area contributed by atoms with Gasteiger partial charge in [-0.25, -0.2) is 4.79 Å². The standard InChI is InChI=1S/C29H42N4O3/c1-4-5-24(34)30-23-10-12-33(13-11-23)25(35)21-6-8-22(9-7-21)31-26(36)32-29-16-20-14-27(2,18-29)17-28(3,15-20)19-29/h6-9,20,23H,4-5,10-19H2,1-3H3,(H,30,34)(H2,31,32,36)/t20?,27-,28+,29?. The van der Waals surface area contributed by atoms with Crippen molar-refractivity contribution >= 4 is 23.5 Å². The number of likely N-dealkylation sites (tertiary alicyclic amines) is 1. The van der Waals surface area contributed by atoms with Crippen molar-refractivity contribution in [2.75, 3.05) is 18.4 Å². The summed E-state index contributed by atoms with van der Waals surface area (Å²) in [6, 6.07) is 7.21. The van der Waals surface area contributed by atoms with Gasteiger partial charge in [-0.2, -0.15) is 0 Å². The Morgan fingerprint density at radius 1 is 0.944 bits per heavy atom. The zero-order chi connectivity index (χ0) is 25.6. The van der Waals surface area contributed by atoms with Crippen LogP contribution in [0.1, 0.15) is 95.3 Å². The first-order valence-electron chi connectivity index (χ1n) is 13.9. The highest BCUT2D eigenvalue weighted by Crippen LogP contribution is 2.66. The van der Waals surface area contributed by atoms with E-state index in [9.17, 15) is 14.4 Å². The number of hydrogen-bond donors (Lipinski definition) is 3. The molecule has 5 fully saturated rings. The van der Waals surface area contributed by atoms with Crippen LogP contribution < -0.4 is 16.0 Å². The van der Waals surface area contributed by atoms with Gasteiger partial charge >= 0.3 is 6.03 Å². The Balaban J connectivity index is 1.13. The molecule has 4 saturated carbocycles. The lowest BCUT2D eigenvalue weighted by atomic mass is 9.43. The van der Waals surface area contributed by atoms with Gasteiger partial charge in [0.05, 0.1) is 0 Å². The van der Waals surface area contributed by atoms with E-state index in [2.05, 4.69) is 29.8 Å². The summed E-state index contributed by atoms with van der Waals surface area (Å²) < 4.78 is 0. The van der Waals surface area contributed by atoms with Crippen LogP contribution in [0.4, 0.5) is 10.5 Å². The number of amides is 4. The molecule has 1 heterocycles. The third-order valence-electron chi connectivity index (χ3n) is 9.02. The molecule has 7 nitrogen and oxygen atoms in total. The van der Waals surface area contributed by atoms with Gasteiger partial charge in [-0.15, -0.1) is 0 Å². The molecule has 4 aliphatic carbocycles. The molecule has 3 N–H and O–H groups in total. The SMILES string of the molecule is CCCC(=O)NC1CCN(C(=O)c2ccc(NC(=O)NC34CC5C[C@@](C)(C3)C[C@](C)(C5)C4)cc2)CC1. The number of carbonyl (C=O) groups excluding carboxylic acids is 3. The maximum absolute atomic E-state index is 13.0. The number of carbonyl (C=O) groups is 3. The van der Waals surface area contributed by atoms with E-state index in [1.807, 2.05) is 24.0 Å². The molecule has 2 unspecified atom stereocenters. The minimum absolute atomic E-state index is 0.000564. The molecule has 6 rings (SSSR count). The van der Waals surface area contributed by atoms with Crippen LogP contribution in [0.2, 0.25) is 0 Å². The van der Waals surface area contributed by atoms with E-state index in [1.54, 1.807) is 12.1 Å². The van der Waals surface area contributed by atoms with Crippen LogP contribution in [-0.4, -0.2) is 47.4 Å². The molecule has 5 aliphatic rings. The van der Waals surface area contributed by atoms with Crippen LogP contribution in [-0.2, 0) is 4.79 Å². The molecule has 36 heavy (non-hydrogen) atoms. The fourth-order valence-electron chi connectivity index (χ4n) is 8.62. The largest absolute Gasteiger partial charge is 0.353 e. The molecule has 4 bridgehead atoms. The first-order chi connectivity index (χ1) is 17.1. The number of urea groups is 1. The molecule has 1 saturated heterocycles. The van der Waals surface area contributed by atoms with Crippen molar-refractivity contribution in [1.82, 2.24) is 15.5 Å². The normalized spacial score (nSPS) is 33.3. The molecule has 4 atom stereocenters. The number of hydrogen-bond acceptors (Lipinski definition) is 3. The number of anilines is 1. The second kappa shape index (κ2) is 9.38. The molecule has 7 heteroatoms. The van der Waals surface area contributed by atoms with Gasteiger partial charge in [0.2, 0.25) is 5.91 Å². The maximum atomic E-state index is 13.0. The van der Waals surface area contributed by atoms with Gasteiger partial charge in [-0.3, -0.25) is 9.59 Å². The molecular weight excluding hydrogens is 452 g/mol. The topological polar surface area (TPSA) is 90.5 Å². The van der Waals surface area contributed by atoms with Crippen LogP contribution in [0, 0.1) is 16.7 Å². The number of piperidine rings is 1. The van der Waals surface area contributed by atoms with Crippen molar-refractivity contribution in [3.05, 3.63) is 29.8 Å². The molecule has 196 valence electrons. The molecule has 1 aromatic rings. The van der Waals surface area contributed by atoms with Crippen molar-refractivity contribution in [1.29, 1.82) is 0 Å². The Labute approximate surface area is 215 Å². The average molecular weight is 495 g/mol. The third-order valence-corrected chi connectivity index (χ3v) is 9.02. The fourth-order valence-corrected chi connectivity index (χ4v) is 8.62. The van der Waals surface area contributed by atoms with E-state index < -0.39 is 0 Å². The molecule has 0 radical (unpaired) electrons. The zero-order valence-corrected chi connectivity index (χ0v) is 22.1. The first kappa shape index (κ1) is 25.1. The van der Waals surface area contributed by atoms with Crippen LogP contribution in [0.3, 0.4) is 0 Å². The Bertz CT molecular complexity index is 996. The highest BCUT2D eigenvalue weighted by molar-refractivity contribution is 5.95. The van der Waals surface area contributed by atoms with E-state index in [4.69, 9.17) is 0 Å². The van der Waals surface area contributed by atoms with Crippen LogP contribution in [0.15, 0.2) is 24.3 Å². The molecule has 1 aliphatic heterocycles. The van der Waals surface area contributed by atoms with Gasteiger partial charge in [0.25, 0.3) is 5.91 Å². The number of rotatable bonds is 6. The summed E-state index contributed by atoms with van der Waals surface area (Å²) >= 11 is 0. The first-order valence-corrected chi connectivity index (χ1v) is 13.9. The van der Waals surface area contributed by atoms with Crippen molar-refractivity contribution in [3.8, 4) is 0 Å². The Morgan fingerprint density at radius 2 is 1.58 bits per heavy atom. The minimum Gasteiger partial charge on any atom is -0.353 e. The zero-order valence-electron chi connectivity index (χ0n) is 22.1. The van der Waals surface area contributed by atoms with Crippen LogP contribution in [0.5, 0.6) is 0 Å². The fraction of sp³-hybridized carbons (Fsp3) is 0.690. The van der Waals surface area contributed by atoms with Crippen molar-refractivity contribution in [2.24, 2.45) is 16.7 Å². The van der Waals surface area contributed by atoms with Gasteiger partial charge in [0.15, 0.2) is 0 Å². The lowest BCUT2D eigenvalue weighted by Gasteiger charge is -2.65. The van der Waals surface area contributed by atoms with E-state index in [0.29, 0.717) is 41.6 Å². The lowest BCUT2D eigenvalue weighted by Crippen LogP contribution is -2.65.